The first-order chi connectivity index (χ1) is 6.09. The highest BCUT2D eigenvalue weighted by molar-refractivity contribution is 7.14. The summed E-state index contributed by atoms with van der Waals surface area (Å²) in [6.45, 7) is 4.43. The van der Waals surface area contributed by atoms with Crippen LogP contribution in [0.15, 0.2) is 11.4 Å². The summed E-state index contributed by atoms with van der Waals surface area (Å²) in [5.74, 6) is 0. The average molecular weight is 220 g/mol. The Morgan fingerprint density at radius 2 is 2.31 bits per heavy atom. The molecule has 1 rings (SSSR count). The molecule has 74 valence electrons. The van der Waals surface area contributed by atoms with E-state index in [0.29, 0.717) is 6.54 Å². The SMILES string of the molecule is CC(O)CNC(C)c1csc(Cl)c1. The van der Waals surface area contributed by atoms with Gasteiger partial charge in [0.2, 0.25) is 0 Å². The molecule has 0 saturated heterocycles. The van der Waals surface area contributed by atoms with Gasteiger partial charge < -0.3 is 10.4 Å². The molecule has 0 aromatic carbocycles. The Bertz CT molecular complexity index is 262. The van der Waals surface area contributed by atoms with Gasteiger partial charge in [-0.05, 0) is 30.9 Å². The fraction of sp³-hybridized carbons (Fsp3) is 0.556. The summed E-state index contributed by atoms with van der Waals surface area (Å²) in [7, 11) is 0. The summed E-state index contributed by atoms with van der Waals surface area (Å²) in [4.78, 5) is 0. The summed E-state index contributed by atoms with van der Waals surface area (Å²) in [5, 5.41) is 14.3. The molecule has 0 aliphatic carbocycles. The smallest absolute Gasteiger partial charge is 0.0931 e. The number of rotatable bonds is 4. The Hall–Kier alpha value is -0.0900. The van der Waals surface area contributed by atoms with Gasteiger partial charge in [-0.25, -0.2) is 0 Å². The summed E-state index contributed by atoms with van der Waals surface area (Å²) in [6, 6.07) is 2.20. The van der Waals surface area contributed by atoms with Gasteiger partial charge in [0.25, 0.3) is 0 Å². The van der Waals surface area contributed by atoms with Crippen molar-refractivity contribution in [2.24, 2.45) is 0 Å². The summed E-state index contributed by atoms with van der Waals surface area (Å²) < 4.78 is 0.806. The van der Waals surface area contributed by atoms with E-state index >= 15 is 0 Å². The van der Waals surface area contributed by atoms with Crippen molar-refractivity contribution in [1.82, 2.24) is 5.32 Å². The number of halogens is 1. The summed E-state index contributed by atoms with van der Waals surface area (Å²) in [6.07, 6.45) is -0.309. The lowest BCUT2D eigenvalue weighted by Crippen LogP contribution is -2.26. The van der Waals surface area contributed by atoms with Crippen LogP contribution in [0.5, 0.6) is 0 Å². The van der Waals surface area contributed by atoms with Crippen LogP contribution in [-0.2, 0) is 0 Å². The zero-order valence-corrected chi connectivity index (χ0v) is 9.32. The molecule has 0 spiro atoms. The van der Waals surface area contributed by atoms with Gasteiger partial charge in [-0.3, -0.25) is 0 Å². The van der Waals surface area contributed by atoms with Crippen molar-refractivity contribution in [1.29, 1.82) is 0 Å². The molecule has 0 fully saturated rings. The first-order valence-corrected chi connectivity index (χ1v) is 5.50. The molecule has 1 heterocycles. The number of hydrogen-bond acceptors (Lipinski definition) is 3. The molecule has 0 saturated carbocycles. The molecule has 1 aromatic rings. The third-order valence-electron chi connectivity index (χ3n) is 1.81. The van der Waals surface area contributed by atoms with E-state index in [-0.39, 0.29) is 12.1 Å². The minimum atomic E-state index is -0.309. The van der Waals surface area contributed by atoms with Crippen LogP contribution in [0.1, 0.15) is 25.5 Å². The van der Waals surface area contributed by atoms with E-state index in [1.54, 1.807) is 6.92 Å². The summed E-state index contributed by atoms with van der Waals surface area (Å²) >= 11 is 7.34. The van der Waals surface area contributed by atoms with E-state index in [1.807, 2.05) is 11.4 Å². The number of aliphatic hydroxyl groups excluding tert-OH is 1. The number of aliphatic hydroxyl groups is 1. The molecule has 2 N–H and O–H groups in total. The highest BCUT2D eigenvalue weighted by Crippen LogP contribution is 2.24. The monoisotopic (exact) mass is 219 g/mol. The highest BCUT2D eigenvalue weighted by atomic mass is 35.5. The maximum absolute atomic E-state index is 9.07. The minimum absolute atomic E-state index is 0.248. The van der Waals surface area contributed by atoms with Crippen molar-refractivity contribution in [3.63, 3.8) is 0 Å². The molecule has 0 radical (unpaired) electrons. The first kappa shape index (κ1) is 11.0. The molecule has 1 aromatic heterocycles. The van der Waals surface area contributed by atoms with Crippen LogP contribution in [-0.4, -0.2) is 17.8 Å². The molecular weight excluding hydrogens is 206 g/mol. The molecule has 2 unspecified atom stereocenters. The highest BCUT2D eigenvalue weighted by Gasteiger charge is 2.07. The van der Waals surface area contributed by atoms with Crippen LogP contribution in [0, 0.1) is 0 Å². The second-order valence-corrected chi connectivity index (χ2v) is 4.71. The molecule has 0 amide bonds. The average Bonchev–Trinajstić information content (AvgIpc) is 2.47. The van der Waals surface area contributed by atoms with E-state index < -0.39 is 0 Å². The maximum atomic E-state index is 9.07. The molecule has 0 aliphatic rings. The number of nitrogens with one attached hydrogen (secondary N) is 1. The van der Waals surface area contributed by atoms with Gasteiger partial charge in [-0.2, -0.15) is 0 Å². The standard InChI is InChI=1S/C9H14ClNOS/c1-6(12)4-11-7(2)8-3-9(10)13-5-8/h3,5-7,11-12H,4H2,1-2H3. The van der Waals surface area contributed by atoms with Crippen LogP contribution in [0.2, 0.25) is 4.34 Å². The number of hydrogen-bond donors (Lipinski definition) is 2. The molecule has 4 heteroatoms. The van der Waals surface area contributed by atoms with Crippen molar-refractivity contribution in [3.05, 3.63) is 21.3 Å². The summed E-state index contributed by atoms with van der Waals surface area (Å²) in [5.41, 5.74) is 1.18. The zero-order valence-electron chi connectivity index (χ0n) is 7.75. The van der Waals surface area contributed by atoms with Gasteiger partial charge >= 0.3 is 0 Å². The van der Waals surface area contributed by atoms with E-state index in [1.165, 1.54) is 16.9 Å². The van der Waals surface area contributed by atoms with Gasteiger partial charge in [0, 0.05) is 12.6 Å². The van der Waals surface area contributed by atoms with E-state index in [4.69, 9.17) is 16.7 Å². The molecule has 0 bridgehead atoms. The Balaban J connectivity index is 2.44. The normalized spacial score (nSPS) is 15.7. The molecule has 2 nitrogen and oxygen atoms in total. The molecule has 13 heavy (non-hydrogen) atoms. The Kier molecular flexibility index (Phi) is 4.19. The van der Waals surface area contributed by atoms with E-state index in [0.717, 1.165) is 4.34 Å². The lowest BCUT2D eigenvalue weighted by atomic mass is 10.2. The van der Waals surface area contributed by atoms with Gasteiger partial charge in [0.15, 0.2) is 0 Å². The third-order valence-corrected chi connectivity index (χ3v) is 2.92. The van der Waals surface area contributed by atoms with Crippen molar-refractivity contribution >= 4 is 22.9 Å². The number of thiophene rings is 1. The quantitative estimate of drug-likeness (QED) is 0.816. The fourth-order valence-electron chi connectivity index (χ4n) is 1.02. The van der Waals surface area contributed by atoms with Crippen molar-refractivity contribution in [2.45, 2.75) is 26.0 Å². The van der Waals surface area contributed by atoms with Crippen molar-refractivity contribution in [2.75, 3.05) is 6.54 Å². The third kappa shape index (κ3) is 3.65. The zero-order chi connectivity index (χ0) is 9.84. The van der Waals surface area contributed by atoms with Gasteiger partial charge in [0.1, 0.15) is 0 Å². The van der Waals surface area contributed by atoms with E-state index in [9.17, 15) is 0 Å². The topological polar surface area (TPSA) is 32.3 Å². The second-order valence-electron chi connectivity index (χ2n) is 3.16. The Morgan fingerprint density at radius 1 is 1.62 bits per heavy atom. The predicted octanol–water partition coefficient (Wildman–Crippen LogP) is 2.43. The minimum Gasteiger partial charge on any atom is -0.392 e. The van der Waals surface area contributed by atoms with Crippen LogP contribution < -0.4 is 5.32 Å². The first-order valence-electron chi connectivity index (χ1n) is 4.25. The maximum Gasteiger partial charge on any atom is 0.0931 e. The second kappa shape index (κ2) is 4.96. The largest absolute Gasteiger partial charge is 0.392 e. The van der Waals surface area contributed by atoms with Gasteiger partial charge in [0.05, 0.1) is 10.4 Å². The predicted molar refractivity (Wildman–Crippen MR) is 57.4 cm³/mol. The lowest BCUT2D eigenvalue weighted by Gasteiger charge is -2.13. The Labute approximate surface area is 87.5 Å². The van der Waals surface area contributed by atoms with Crippen LogP contribution in [0.4, 0.5) is 0 Å². The van der Waals surface area contributed by atoms with Crippen molar-refractivity contribution < 1.29 is 5.11 Å². The Morgan fingerprint density at radius 3 is 2.77 bits per heavy atom. The van der Waals surface area contributed by atoms with E-state index in [2.05, 4.69) is 12.2 Å². The molecular formula is C9H14ClNOS. The fourth-order valence-corrected chi connectivity index (χ4v) is 2.00. The van der Waals surface area contributed by atoms with Crippen LogP contribution >= 0.6 is 22.9 Å². The van der Waals surface area contributed by atoms with Gasteiger partial charge in [-0.15, -0.1) is 11.3 Å². The van der Waals surface area contributed by atoms with Crippen LogP contribution in [0.3, 0.4) is 0 Å². The lowest BCUT2D eigenvalue weighted by molar-refractivity contribution is 0.187. The molecule has 2 atom stereocenters. The van der Waals surface area contributed by atoms with Gasteiger partial charge in [-0.1, -0.05) is 11.6 Å². The van der Waals surface area contributed by atoms with Crippen LogP contribution in [0.25, 0.3) is 0 Å². The van der Waals surface area contributed by atoms with Crippen molar-refractivity contribution in [3.8, 4) is 0 Å². The molecule has 0 aliphatic heterocycles.